The van der Waals surface area contributed by atoms with Crippen molar-refractivity contribution in [3.05, 3.63) is 60.3 Å². The average molecular weight is 490 g/mol. The van der Waals surface area contributed by atoms with Gasteiger partial charge in [-0.3, -0.25) is 14.6 Å². The maximum Gasteiger partial charge on any atom is 0.268 e. The van der Waals surface area contributed by atoms with E-state index in [4.69, 9.17) is 4.74 Å². The molecule has 1 aliphatic carbocycles. The second-order valence-corrected chi connectivity index (χ2v) is 9.57. The van der Waals surface area contributed by atoms with Crippen molar-refractivity contribution in [2.75, 3.05) is 13.7 Å². The standard InChI is InChI=1S/C28H25F2N3O3/c1-36-21-7-2-18(3-8-21)19-4-9-24-23(14-19)22(12-13-32-24)25(34)10-11-26(35)33-17-28(29,30)15-27(33,16-31)20-5-6-20/h2-4,7-9,12-14,20H,5-6,10-11,15,17H2,1H3/t27-/m0/s1. The molecule has 1 saturated carbocycles. The third-order valence-corrected chi connectivity index (χ3v) is 7.18. The highest BCUT2D eigenvalue weighted by molar-refractivity contribution is 6.08. The lowest BCUT2D eigenvalue weighted by molar-refractivity contribution is -0.135. The molecular formula is C28H25F2N3O3. The molecule has 2 fully saturated rings. The van der Waals surface area contributed by atoms with Gasteiger partial charge in [-0.2, -0.15) is 5.26 Å². The van der Waals surface area contributed by atoms with E-state index >= 15 is 0 Å². The number of fused-ring (bicyclic) bond motifs is 1. The Morgan fingerprint density at radius 3 is 2.50 bits per heavy atom. The Labute approximate surface area is 207 Å². The highest BCUT2D eigenvalue weighted by atomic mass is 19.3. The van der Waals surface area contributed by atoms with Gasteiger partial charge in [-0.15, -0.1) is 0 Å². The molecule has 1 amide bonds. The summed E-state index contributed by atoms with van der Waals surface area (Å²) in [6.07, 6.45) is 1.85. The SMILES string of the molecule is COc1ccc(-c2ccc3nccc(C(=O)CCC(=O)N4CC(F)(F)C[C@]4(C#N)C4CC4)c3c2)cc1. The van der Waals surface area contributed by atoms with Crippen LogP contribution in [0.2, 0.25) is 0 Å². The zero-order chi connectivity index (χ0) is 25.5. The third kappa shape index (κ3) is 4.30. The number of nitriles is 1. The Morgan fingerprint density at radius 2 is 1.83 bits per heavy atom. The number of hydrogen-bond acceptors (Lipinski definition) is 5. The topological polar surface area (TPSA) is 83.3 Å². The van der Waals surface area contributed by atoms with Gasteiger partial charge in [-0.25, -0.2) is 8.78 Å². The van der Waals surface area contributed by atoms with Crippen molar-refractivity contribution >= 4 is 22.6 Å². The smallest absolute Gasteiger partial charge is 0.268 e. The molecule has 3 aromatic rings. The van der Waals surface area contributed by atoms with E-state index in [0.29, 0.717) is 29.3 Å². The average Bonchev–Trinajstić information content (AvgIpc) is 3.70. The van der Waals surface area contributed by atoms with Gasteiger partial charge in [0.2, 0.25) is 5.91 Å². The van der Waals surface area contributed by atoms with Gasteiger partial charge in [-0.05, 0) is 60.2 Å². The summed E-state index contributed by atoms with van der Waals surface area (Å²) in [5.41, 5.74) is 1.42. The molecule has 184 valence electrons. The highest BCUT2D eigenvalue weighted by Gasteiger charge is 2.62. The first kappa shape index (κ1) is 23.9. The van der Waals surface area contributed by atoms with Crippen LogP contribution < -0.4 is 4.74 Å². The van der Waals surface area contributed by atoms with Gasteiger partial charge in [0.05, 0.1) is 31.7 Å². The fraction of sp³-hybridized carbons (Fsp3) is 0.357. The van der Waals surface area contributed by atoms with Crippen LogP contribution in [0.25, 0.3) is 22.0 Å². The van der Waals surface area contributed by atoms with E-state index < -0.39 is 30.3 Å². The molecule has 2 aromatic carbocycles. The molecule has 1 atom stereocenters. The van der Waals surface area contributed by atoms with Crippen molar-refractivity contribution in [2.24, 2.45) is 5.92 Å². The number of halogens is 2. The Balaban J connectivity index is 1.36. The molecule has 0 bridgehead atoms. The third-order valence-electron chi connectivity index (χ3n) is 7.18. The maximum atomic E-state index is 14.3. The van der Waals surface area contributed by atoms with Crippen LogP contribution in [0.5, 0.6) is 5.75 Å². The van der Waals surface area contributed by atoms with Gasteiger partial charge in [0.25, 0.3) is 5.92 Å². The van der Waals surface area contributed by atoms with Crippen LogP contribution >= 0.6 is 0 Å². The minimum Gasteiger partial charge on any atom is -0.497 e. The van der Waals surface area contributed by atoms with Gasteiger partial charge in [0, 0.05) is 30.0 Å². The Kier molecular flexibility index (Phi) is 5.95. The number of methoxy groups -OCH3 is 1. The van der Waals surface area contributed by atoms with Crippen LogP contribution in [-0.4, -0.2) is 46.7 Å². The van der Waals surface area contributed by atoms with Crippen LogP contribution in [-0.2, 0) is 4.79 Å². The second-order valence-electron chi connectivity index (χ2n) is 9.57. The van der Waals surface area contributed by atoms with Crippen molar-refractivity contribution in [2.45, 2.75) is 43.6 Å². The molecule has 0 unspecified atom stereocenters. The molecule has 0 N–H and O–H groups in total. The molecule has 2 heterocycles. The van der Waals surface area contributed by atoms with Crippen molar-refractivity contribution in [1.82, 2.24) is 9.88 Å². The Bertz CT molecular complexity index is 1380. The number of benzene rings is 2. The molecule has 0 spiro atoms. The molecule has 6 nitrogen and oxygen atoms in total. The van der Waals surface area contributed by atoms with Crippen molar-refractivity contribution in [3.8, 4) is 22.9 Å². The molecule has 1 aliphatic heterocycles. The summed E-state index contributed by atoms with van der Waals surface area (Å²) in [5.74, 6) is -3.44. The summed E-state index contributed by atoms with van der Waals surface area (Å²) >= 11 is 0. The molecule has 1 saturated heterocycles. The number of ether oxygens (including phenoxy) is 1. The first-order valence-corrected chi connectivity index (χ1v) is 11.9. The molecule has 2 aliphatic rings. The predicted molar refractivity (Wildman–Crippen MR) is 130 cm³/mol. The van der Waals surface area contributed by atoms with Crippen LogP contribution in [0, 0.1) is 17.2 Å². The van der Waals surface area contributed by atoms with Crippen molar-refractivity contribution in [1.29, 1.82) is 5.26 Å². The Morgan fingerprint density at radius 1 is 1.11 bits per heavy atom. The quantitative estimate of drug-likeness (QED) is 0.414. The summed E-state index contributed by atoms with van der Waals surface area (Å²) in [6.45, 7) is -0.770. The number of aromatic nitrogens is 1. The number of Topliss-reactive ketones (excluding diaryl/α,β-unsaturated/α-hetero) is 1. The maximum absolute atomic E-state index is 14.3. The fourth-order valence-corrected chi connectivity index (χ4v) is 5.19. The molecule has 36 heavy (non-hydrogen) atoms. The number of hydrogen-bond donors (Lipinski definition) is 0. The number of pyridine rings is 1. The highest BCUT2D eigenvalue weighted by Crippen LogP contribution is 2.52. The van der Waals surface area contributed by atoms with Gasteiger partial charge < -0.3 is 9.64 Å². The first-order chi connectivity index (χ1) is 17.3. The van der Waals surface area contributed by atoms with E-state index in [9.17, 15) is 23.6 Å². The number of nitrogens with zero attached hydrogens (tertiary/aromatic N) is 3. The minimum atomic E-state index is -3.10. The van der Waals surface area contributed by atoms with E-state index in [-0.39, 0.29) is 24.5 Å². The summed E-state index contributed by atoms with van der Waals surface area (Å²) in [5, 5.41) is 10.4. The van der Waals surface area contributed by atoms with Crippen LogP contribution in [0.1, 0.15) is 42.5 Å². The monoisotopic (exact) mass is 489 g/mol. The number of ketones is 1. The molecule has 0 radical (unpaired) electrons. The molecule has 5 rings (SSSR count). The lowest BCUT2D eigenvalue weighted by Gasteiger charge is -2.31. The first-order valence-electron chi connectivity index (χ1n) is 11.9. The second kappa shape index (κ2) is 8.98. The normalized spacial score (nSPS) is 20.8. The summed E-state index contributed by atoms with van der Waals surface area (Å²) in [6, 6.07) is 16.8. The van der Waals surface area contributed by atoms with Crippen LogP contribution in [0.4, 0.5) is 8.78 Å². The lowest BCUT2D eigenvalue weighted by atomic mass is 9.90. The Hall–Kier alpha value is -3.86. The fourth-order valence-electron chi connectivity index (χ4n) is 5.19. The van der Waals surface area contributed by atoms with Crippen molar-refractivity contribution in [3.63, 3.8) is 0 Å². The summed E-state index contributed by atoms with van der Waals surface area (Å²) in [7, 11) is 1.60. The minimum absolute atomic E-state index is 0.140. The van der Waals surface area contributed by atoms with E-state index in [2.05, 4.69) is 4.98 Å². The predicted octanol–water partition coefficient (Wildman–Crippen LogP) is 5.41. The largest absolute Gasteiger partial charge is 0.497 e. The van der Waals surface area contributed by atoms with E-state index in [1.807, 2.05) is 48.5 Å². The summed E-state index contributed by atoms with van der Waals surface area (Å²) < 4.78 is 33.7. The molecular weight excluding hydrogens is 464 g/mol. The lowest BCUT2D eigenvalue weighted by Crippen LogP contribution is -2.48. The summed E-state index contributed by atoms with van der Waals surface area (Å²) in [4.78, 5) is 31.6. The number of carbonyl (C=O) groups excluding carboxylic acids is 2. The zero-order valence-electron chi connectivity index (χ0n) is 19.8. The number of alkyl halides is 2. The van der Waals surface area contributed by atoms with E-state index in [1.165, 1.54) is 0 Å². The number of rotatable bonds is 7. The number of carbonyl (C=O) groups is 2. The van der Waals surface area contributed by atoms with Crippen LogP contribution in [0.3, 0.4) is 0 Å². The van der Waals surface area contributed by atoms with E-state index in [0.717, 1.165) is 21.8 Å². The van der Waals surface area contributed by atoms with Gasteiger partial charge in [0.15, 0.2) is 5.78 Å². The van der Waals surface area contributed by atoms with Gasteiger partial charge in [0.1, 0.15) is 11.3 Å². The number of amides is 1. The molecule has 1 aromatic heterocycles. The zero-order valence-corrected chi connectivity index (χ0v) is 19.8. The van der Waals surface area contributed by atoms with E-state index in [1.54, 1.807) is 19.4 Å². The van der Waals surface area contributed by atoms with Gasteiger partial charge in [-0.1, -0.05) is 18.2 Å². The molecule has 8 heteroatoms. The van der Waals surface area contributed by atoms with Crippen LogP contribution in [0.15, 0.2) is 54.7 Å². The van der Waals surface area contributed by atoms with Gasteiger partial charge >= 0.3 is 0 Å². The van der Waals surface area contributed by atoms with Crippen molar-refractivity contribution < 1.29 is 23.1 Å². The number of likely N-dealkylation sites (tertiary alicyclic amines) is 1.